The molecule has 188 valence electrons. The van der Waals surface area contributed by atoms with E-state index in [1.54, 1.807) is 23.1 Å². The zero-order valence-electron chi connectivity index (χ0n) is 20.1. The molecule has 2 amide bonds. The maximum absolute atomic E-state index is 13.3. The second-order valence-electron chi connectivity index (χ2n) is 8.53. The maximum Gasteiger partial charge on any atom is 0.261 e. The number of hydrogen-bond donors (Lipinski definition) is 2. The molecule has 0 atom stereocenters. The third-order valence-electron chi connectivity index (χ3n) is 6.07. The van der Waals surface area contributed by atoms with Crippen molar-refractivity contribution >= 4 is 27.5 Å². The van der Waals surface area contributed by atoms with E-state index >= 15 is 0 Å². The number of para-hydroxylation sites is 1. The van der Waals surface area contributed by atoms with Gasteiger partial charge in [0.1, 0.15) is 5.75 Å². The van der Waals surface area contributed by atoms with E-state index in [9.17, 15) is 18.0 Å². The van der Waals surface area contributed by atoms with Crippen LogP contribution in [-0.2, 0) is 16.6 Å². The Morgan fingerprint density at radius 3 is 2.31 bits per heavy atom. The van der Waals surface area contributed by atoms with Crippen molar-refractivity contribution in [2.24, 2.45) is 0 Å². The number of nitrogens with zero attached hydrogens (tertiary/aromatic N) is 1. The number of carbonyl (C=O) groups excluding carboxylic acids is 2. The summed E-state index contributed by atoms with van der Waals surface area (Å²) in [7, 11) is -2.66. The average molecular weight is 508 g/mol. The van der Waals surface area contributed by atoms with Gasteiger partial charge in [-0.2, -0.15) is 0 Å². The molecule has 36 heavy (non-hydrogen) atoms. The number of nitrogens with one attached hydrogen (secondary N) is 2. The van der Waals surface area contributed by atoms with Gasteiger partial charge in [0.05, 0.1) is 28.8 Å². The fraction of sp³-hybridized carbons (Fsp3) is 0.259. The number of piperidine rings is 1. The SMILES string of the molecule is COc1ccc(S(=O)(=O)Nc2ccccc2C(=O)NCc2ccccc2)cc1C(=O)N1CCCCC1. The summed E-state index contributed by atoms with van der Waals surface area (Å²) in [6, 6.07) is 20.0. The summed E-state index contributed by atoms with van der Waals surface area (Å²) in [6.07, 6.45) is 2.89. The highest BCUT2D eigenvalue weighted by atomic mass is 32.2. The van der Waals surface area contributed by atoms with Crippen molar-refractivity contribution in [1.29, 1.82) is 0 Å². The number of likely N-dealkylation sites (tertiary alicyclic amines) is 1. The Bertz CT molecular complexity index is 1340. The largest absolute Gasteiger partial charge is 0.496 e. The van der Waals surface area contributed by atoms with Gasteiger partial charge >= 0.3 is 0 Å². The lowest BCUT2D eigenvalue weighted by Crippen LogP contribution is -2.35. The normalized spacial score (nSPS) is 13.6. The number of benzene rings is 3. The quantitative estimate of drug-likeness (QED) is 0.479. The van der Waals surface area contributed by atoms with Crippen molar-refractivity contribution in [3.63, 3.8) is 0 Å². The Morgan fingerprint density at radius 2 is 1.58 bits per heavy atom. The molecule has 3 aromatic carbocycles. The molecule has 1 heterocycles. The highest BCUT2D eigenvalue weighted by Crippen LogP contribution is 2.27. The number of hydrogen-bond acceptors (Lipinski definition) is 5. The molecular formula is C27H29N3O5S. The molecule has 2 N–H and O–H groups in total. The van der Waals surface area contributed by atoms with Crippen LogP contribution < -0.4 is 14.8 Å². The smallest absolute Gasteiger partial charge is 0.261 e. The number of anilines is 1. The predicted molar refractivity (Wildman–Crippen MR) is 138 cm³/mol. The Hall–Kier alpha value is -3.85. The molecule has 3 aromatic rings. The first-order chi connectivity index (χ1) is 17.4. The van der Waals surface area contributed by atoms with Crippen LogP contribution in [0.5, 0.6) is 5.75 Å². The van der Waals surface area contributed by atoms with Gasteiger partial charge < -0.3 is 15.0 Å². The van der Waals surface area contributed by atoms with Gasteiger partial charge in [-0.25, -0.2) is 8.42 Å². The minimum Gasteiger partial charge on any atom is -0.496 e. The third kappa shape index (κ3) is 5.85. The van der Waals surface area contributed by atoms with Crippen LogP contribution in [0.15, 0.2) is 77.7 Å². The zero-order chi connectivity index (χ0) is 25.5. The summed E-state index contributed by atoms with van der Waals surface area (Å²) in [4.78, 5) is 27.6. The second kappa shape index (κ2) is 11.3. The molecule has 0 aliphatic carbocycles. The molecule has 1 saturated heterocycles. The first-order valence-corrected chi connectivity index (χ1v) is 13.3. The van der Waals surface area contributed by atoms with Crippen molar-refractivity contribution < 1.29 is 22.7 Å². The first kappa shape index (κ1) is 25.2. The molecular weight excluding hydrogens is 478 g/mol. The summed E-state index contributed by atoms with van der Waals surface area (Å²) in [6.45, 7) is 1.56. The van der Waals surface area contributed by atoms with E-state index in [4.69, 9.17) is 4.74 Å². The van der Waals surface area contributed by atoms with E-state index in [0.29, 0.717) is 25.4 Å². The molecule has 0 unspecified atom stereocenters. The Kier molecular flexibility index (Phi) is 7.90. The topological polar surface area (TPSA) is 105 Å². The van der Waals surface area contributed by atoms with Gasteiger partial charge in [0.2, 0.25) is 0 Å². The van der Waals surface area contributed by atoms with Crippen LogP contribution in [0.4, 0.5) is 5.69 Å². The van der Waals surface area contributed by atoms with Crippen LogP contribution in [0.25, 0.3) is 0 Å². The van der Waals surface area contributed by atoms with E-state index < -0.39 is 15.9 Å². The van der Waals surface area contributed by atoms with E-state index in [1.165, 1.54) is 31.4 Å². The Morgan fingerprint density at radius 1 is 0.889 bits per heavy atom. The highest BCUT2D eigenvalue weighted by molar-refractivity contribution is 7.92. The van der Waals surface area contributed by atoms with Gasteiger partial charge in [-0.05, 0) is 55.2 Å². The van der Waals surface area contributed by atoms with E-state index in [-0.39, 0.29) is 27.6 Å². The van der Waals surface area contributed by atoms with Crippen molar-refractivity contribution in [2.45, 2.75) is 30.7 Å². The summed E-state index contributed by atoms with van der Waals surface area (Å²) in [5, 5.41) is 2.82. The fourth-order valence-corrected chi connectivity index (χ4v) is 5.24. The minimum absolute atomic E-state index is 0.0943. The second-order valence-corrected chi connectivity index (χ2v) is 10.2. The molecule has 0 radical (unpaired) electrons. The summed E-state index contributed by atoms with van der Waals surface area (Å²) >= 11 is 0. The highest BCUT2D eigenvalue weighted by Gasteiger charge is 2.25. The first-order valence-electron chi connectivity index (χ1n) is 11.8. The number of amides is 2. The van der Waals surface area contributed by atoms with Gasteiger partial charge in [0.25, 0.3) is 21.8 Å². The number of rotatable bonds is 8. The number of methoxy groups -OCH3 is 1. The monoisotopic (exact) mass is 507 g/mol. The average Bonchev–Trinajstić information content (AvgIpc) is 2.92. The zero-order valence-corrected chi connectivity index (χ0v) is 20.9. The maximum atomic E-state index is 13.3. The lowest BCUT2D eigenvalue weighted by molar-refractivity contribution is 0.0720. The number of sulfonamides is 1. The minimum atomic E-state index is -4.10. The molecule has 0 bridgehead atoms. The van der Waals surface area contributed by atoms with Gasteiger partial charge in [0, 0.05) is 19.6 Å². The van der Waals surface area contributed by atoms with Crippen molar-refractivity contribution in [3.05, 3.63) is 89.5 Å². The van der Waals surface area contributed by atoms with E-state index in [0.717, 1.165) is 24.8 Å². The van der Waals surface area contributed by atoms with E-state index in [1.807, 2.05) is 30.3 Å². The van der Waals surface area contributed by atoms with Crippen molar-refractivity contribution in [3.8, 4) is 5.75 Å². The van der Waals surface area contributed by atoms with Crippen molar-refractivity contribution in [1.82, 2.24) is 10.2 Å². The molecule has 9 heteroatoms. The van der Waals surface area contributed by atoms with Crippen molar-refractivity contribution in [2.75, 3.05) is 24.9 Å². The number of carbonyl (C=O) groups is 2. The molecule has 4 rings (SSSR count). The summed E-state index contributed by atoms with van der Waals surface area (Å²) in [5.74, 6) is -0.359. The standard InChI is InChI=1S/C27H29N3O5S/c1-35-25-15-14-21(18-23(25)27(32)30-16-8-3-9-17-30)36(33,34)29-24-13-7-6-12-22(24)26(31)28-19-20-10-4-2-5-11-20/h2,4-7,10-15,18,29H,3,8-9,16-17,19H2,1H3,(H,28,31). The third-order valence-corrected chi connectivity index (χ3v) is 7.43. The summed E-state index contributed by atoms with van der Waals surface area (Å²) < 4.78 is 34.4. The molecule has 8 nitrogen and oxygen atoms in total. The summed E-state index contributed by atoms with van der Waals surface area (Å²) in [5.41, 5.74) is 1.45. The van der Waals surface area contributed by atoms with Crippen LogP contribution in [0.2, 0.25) is 0 Å². The molecule has 0 spiro atoms. The van der Waals surface area contributed by atoms with Crippen LogP contribution in [0.3, 0.4) is 0 Å². The van der Waals surface area contributed by atoms with Gasteiger partial charge in [-0.15, -0.1) is 0 Å². The number of ether oxygens (including phenoxy) is 1. The van der Waals surface area contributed by atoms with Gasteiger partial charge in [-0.1, -0.05) is 42.5 Å². The van der Waals surface area contributed by atoms with Gasteiger partial charge in [-0.3, -0.25) is 14.3 Å². The molecule has 0 saturated carbocycles. The molecule has 1 aliphatic heterocycles. The molecule has 1 fully saturated rings. The van der Waals surface area contributed by atoms with Crippen LogP contribution in [0, 0.1) is 0 Å². The lowest BCUT2D eigenvalue weighted by atomic mass is 10.1. The molecule has 0 aromatic heterocycles. The predicted octanol–water partition coefficient (Wildman–Crippen LogP) is 4.05. The van der Waals surface area contributed by atoms with Gasteiger partial charge in [0.15, 0.2) is 0 Å². The lowest BCUT2D eigenvalue weighted by Gasteiger charge is -2.27. The van der Waals surface area contributed by atoms with Crippen LogP contribution in [0.1, 0.15) is 45.5 Å². The van der Waals surface area contributed by atoms with Crippen LogP contribution in [-0.4, -0.2) is 45.3 Å². The Balaban J connectivity index is 1.57. The Labute approximate surface area is 211 Å². The van der Waals surface area contributed by atoms with Crippen LogP contribution >= 0.6 is 0 Å². The molecule has 1 aliphatic rings. The van der Waals surface area contributed by atoms with E-state index in [2.05, 4.69) is 10.0 Å². The fourth-order valence-electron chi connectivity index (χ4n) is 4.14.